The van der Waals surface area contributed by atoms with Gasteiger partial charge in [-0.25, -0.2) is 8.42 Å². The number of fused-ring (bicyclic) bond motifs is 1. The van der Waals surface area contributed by atoms with Gasteiger partial charge in [0, 0.05) is 37.7 Å². The van der Waals surface area contributed by atoms with E-state index in [0.29, 0.717) is 42.6 Å². The van der Waals surface area contributed by atoms with Crippen molar-refractivity contribution in [2.45, 2.75) is 30.6 Å². The van der Waals surface area contributed by atoms with Gasteiger partial charge in [0.1, 0.15) is 0 Å². The zero-order valence-electron chi connectivity index (χ0n) is 17.5. The highest BCUT2D eigenvalue weighted by molar-refractivity contribution is 7.89. The van der Waals surface area contributed by atoms with E-state index in [1.165, 1.54) is 5.56 Å². The van der Waals surface area contributed by atoms with E-state index in [4.69, 9.17) is 11.6 Å². The van der Waals surface area contributed by atoms with Crippen LogP contribution in [0.1, 0.15) is 23.1 Å². The maximum absolute atomic E-state index is 13.0. The van der Waals surface area contributed by atoms with Gasteiger partial charge in [-0.1, -0.05) is 29.8 Å². The van der Waals surface area contributed by atoms with E-state index in [1.807, 2.05) is 41.3 Å². The fourth-order valence-corrected chi connectivity index (χ4v) is 5.84. The summed E-state index contributed by atoms with van der Waals surface area (Å²) in [5.74, 6) is -0.0381. The number of aryl methyl sites for hydroxylation is 2. The molecule has 0 bridgehead atoms. The third-order valence-electron chi connectivity index (χ3n) is 6.06. The molecule has 1 aliphatic heterocycles. The molecule has 6 nitrogen and oxygen atoms in total. The number of carbonyl (C=O) groups excluding carboxylic acids is 1. The average molecular weight is 462 g/mol. The molecule has 8 heteroatoms. The van der Waals surface area contributed by atoms with Crippen LogP contribution in [0.2, 0.25) is 5.02 Å². The predicted octanol–water partition coefficient (Wildman–Crippen LogP) is 2.49. The number of hydrogen-bond acceptors (Lipinski definition) is 4. The van der Waals surface area contributed by atoms with Crippen molar-refractivity contribution in [2.75, 3.05) is 39.3 Å². The second-order valence-electron chi connectivity index (χ2n) is 8.19. The molecule has 166 valence electrons. The number of halogens is 1. The molecule has 0 aromatic heterocycles. The molecule has 2 aromatic rings. The Kier molecular flexibility index (Phi) is 6.96. The van der Waals surface area contributed by atoms with Crippen LogP contribution in [0.3, 0.4) is 0 Å². The van der Waals surface area contributed by atoms with Crippen LogP contribution in [0.4, 0.5) is 0 Å². The molecule has 1 fully saturated rings. The maximum Gasteiger partial charge on any atom is 0.243 e. The SMILES string of the molecule is O=C(CN1CCN(S(=O)(=O)c2ccc3c(c2)CCC3)CC1)NCCc1ccc(Cl)cc1. The molecule has 1 amide bonds. The first kappa shape index (κ1) is 22.3. The first-order chi connectivity index (χ1) is 14.9. The lowest BCUT2D eigenvalue weighted by Crippen LogP contribution is -2.51. The zero-order valence-corrected chi connectivity index (χ0v) is 19.1. The first-order valence-electron chi connectivity index (χ1n) is 10.8. The standard InChI is InChI=1S/C23H28ClN3O3S/c24-21-7-4-18(5-8-21)10-11-25-23(28)17-26-12-14-27(15-13-26)31(29,30)22-9-6-19-2-1-3-20(19)16-22/h4-9,16H,1-3,10-15,17H2,(H,25,28). The summed E-state index contributed by atoms with van der Waals surface area (Å²) in [6, 6.07) is 13.1. The molecular weight excluding hydrogens is 434 g/mol. The van der Waals surface area contributed by atoms with Gasteiger partial charge in [-0.05, 0) is 66.6 Å². The van der Waals surface area contributed by atoms with Crippen molar-refractivity contribution in [1.82, 2.24) is 14.5 Å². The molecule has 1 saturated heterocycles. The van der Waals surface area contributed by atoms with E-state index in [2.05, 4.69) is 5.32 Å². The lowest BCUT2D eigenvalue weighted by Gasteiger charge is -2.33. The summed E-state index contributed by atoms with van der Waals surface area (Å²) in [6.45, 7) is 2.75. The minimum Gasteiger partial charge on any atom is -0.355 e. The first-order valence-corrected chi connectivity index (χ1v) is 12.6. The van der Waals surface area contributed by atoms with Crippen LogP contribution in [0.15, 0.2) is 47.4 Å². The molecule has 0 unspecified atom stereocenters. The molecule has 1 aliphatic carbocycles. The zero-order chi connectivity index (χ0) is 21.8. The van der Waals surface area contributed by atoms with Crippen molar-refractivity contribution < 1.29 is 13.2 Å². The third kappa shape index (κ3) is 5.47. The van der Waals surface area contributed by atoms with Crippen LogP contribution >= 0.6 is 11.6 Å². The number of sulfonamides is 1. The van der Waals surface area contributed by atoms with Crippen molar-refractivity contribution in [2.24, 2.45) is 0 Å². The van der Waals surface area contributed by atoms with Crippen LogP contribution in [0.25, 0.3) is 0 Å². The highest BCUT2D eigenvalue weighted by Gasteiger charge is 2.29. The fraction of sp³-hybridized carbons (Fsp3) is 0.435. The van der Waals surface area contributed by atoms with Gasteiger partial charge < -0.3 is 5.32 Å². The Morgan fingerprint density at radius 3 is 2.42 bits per heavy atom. The monoisotopic (exact) mass is 461 g/mol. The van der Waals surface area contributed by atoms with E-state index in [0.717, 1.165) is 36.8 Å². The van der Waals surface area contributed by atoms with E-state index < -0.39 is 10.0 Å². The molecule has 31 heavy (non-hydrogen) atoms. The molecule has 0 radical (unpaired) electrons. The topological polar surface area (TPSA) is 69.7 Å². The number of nitrogens with one attached hydrogen (secondary N) is 1. The quantitative estimate of drug-likeness (QED) is 0.687. The molecule has 0 atom stereocenters. The average Bonchev–Trinajstić information content (AvgIpc) is 3.23. The Hall–Kier alpha value is -1.93. The summed E-state index contributed by atoms with van der Waals surface area (Å²) in [5.41, 5.74) is 3.55. The van der Waals surface area contributed by atoms with Crippen LogP contribution in [0, 0.1) is 0 Å². The number of rotatable bonds is 7. The second kappa shape index (κ2) is 9.69. The minimum absolute atomic E-state index is 0.0381. The molecule has 2 aliphatic rings. The molecule has 1 heterocycles. The minimum atomic E-state index is -3.49. The summed E-state index contributed by atoms with van der Waals surface area (Å²) in [7, 11) is -3.49. The van der Waals surface area contributed by atoms with E-state index in [1.54, 1.807) is 10.4 Å². The van der Waals surface area contributed by atoms with Crippen LogP contribution in [-0.2, 0) is 34.1 Å². The summed E-state index contributed by atoms with van der Waals surface area (Å²) in [4.78, 5) is 14.7. The Morgan fingerprint density at radius 2 is 1.68 bits per heavy atom. The van der Waals surface area contributed by atoms with Gasteiger partial charge in [0.05, 0.1) is 11.4 Å². The van der Waals surface area contributed by atoms with Gasteiger partial charge in [-0.3, -0.25) is 9.69 Å². The lowest BCUT2D eigenvalue weighted by molar-refractivity contribution is -0.122. The highest BCUT2D eigenvalue weighted by Crippen LogP contribution is 2.26. The Bertz CT molecular complexity index is 1030. The molecular formula is C23H28ClN3O3S. The molecule has 4 rings (SSSR count). The molecule has 0 spiro atoms. The number of hydrogen-bond donors (Lipinski definition) is 1. The number of amides is 1. The lowest BCUT2D eigenvalue weighted by atomic mass is 10.1. The largest absolute Gasteiger partial charge is 0.355 e. The predicted molar refractivity (Wildman–Crippen MR) is 122 cm³/mol. The normalized spacial score (nSPS) is 17.5. The number of benzene rings is 2. The summed E-state index contributed by atoms with van der Waals surface area (Å²) in [5, 5.41) is 3.64. The van der Waals surface area contributed by atoms with Crippen LogP contribution < -0.4 is 5.32 Å². The molecule has 0 saturated carbocycles. The van der Waals surface area contributed by atoms with Crippen LogP contribution in [0.5, 0.6) is 0 Å². The van der Waals surface area contributed by atoms with Gasteiger partial charge in [-0.15, -0.1) is 0 Å². The van der Waals surface area contributed by atoms with Gasteiger partial charge in [0.2, 0.25) is 15.9 Å². The number of nitrogens with zero attached hydrogens (tertiary/aromatic N) is 2. The molecule has 1 N–H and O–H groups in total. The van der Waals surface area contributed by atoms with Crippen molar-refractivity contribution in [3.63, 3.8) is 0 Å². The Labute approximate surface area is 189 Å². The summed E-state index contributed by atoms with van der Waals surface area (Å²) >= 11 is 5.88. The van der Waals surface area contributed by atoms with E-state index >= 15 is 0 Å². The van der Waals surface area contributed by atoms with Crippen molar-refractivity contribution in [1.29, 1.82) is 0 Å². The van der Waals surface area contributed by atoms with Crippen LogP contribution in [-0.4, -0.2) is 62.8 Å². The van der Waals surface area contributed by atoms with Gasteiger partial charge in [0.25, 0.3) is 0 Å². The van der Waals surface area contributed by atoms with Gasteiger partial charge in [0.15, 0.2) is 0 Å². The highest BCUT2D eigenvalue weighted by atomic mass is 35.5. The Balaban J connectivity index is 1.23. The summed E-state index contributed by atoms with van der Waals surface area (Å²) < 4.78 is 27.6. The van der Waals surface area contributed by atoms with Crippen molar-refractivity contribution in [3.05, 3.63) is 64.2 Å². The van der Waals surface area contributed by atoms with E-state index in [-0.39, 0.29) is 12.5 Å². The molecule has 2 aromatic carbocycles. The van der Waals surface area contributed by atoms with Gasteiger partial charge in [-0.2, -0.15) is 4.31 Å². The second-order valence-corrected chi connectivity index (χ2v) is 10.6. The van der Waals surface area contributed by atoms with E-state index in [9.17, 15) is 13.2 Å². The maximum atomic E-state index is 13.0. The van der Waals surface area contributed by atoms with Gasteiger partial charge >= 0.3 is 0 Å². The number of piperazine rings is 1. The van der Waals surface area contributed by atoms with Crippen molar-refractivity contribution >= 4 is 27.5 Å². The van der Waals surface area contributed by atoms with Crippen molar-refractivity contribution in [3.8, 4) is 0 Å². The number of carbonyl (C=O) groups is 1. The fourth-order valence-electron chi connectivity index (χ4n) is 4.24. The Morgan fingerprint density at radius 1 is 0.968 bits per heavy atom. The smallest absolute Gasteiger partial charge is 0.243 e. The third-order valence-corrected chi connectivity index (χ3v) is 8.20. The summed E-state index contributed by atoms with van der Waals surface area (Å²) in [6.07, 6.45) is 3.84.